The fraction of sp³-hybridized carbons (Fsp3) is 0.444. The number of hydrogen-bond acceptors (Lipinski definition) is 9. The number of nitrogens with one attached hydrogen (secondary N) is 1. The van der Waals surface area contributed by atoms with Crippen molar-refractivity contribution in [3.63, 3.8) is 0 Å². The van der Waals surface area contributed by atoms with Gasteiger partial charge in [-0.3, -0.25) is 14.7 Å². The van der Waals surface area contributed by atoms with Crippen LogP contribution in [0.15, 0.2) is 24.4 Å². The number of aromatic nitrogens is 6. The predicted molar refractivity (Wildman–Crippen MR) is 154 cm³/mol. The fourth-order valence-electron chi connectivity index (χ4n) is 5.33. The molecule has 0 unspecified atom stereocenters. The number of aliphatic hydroxyl groups excluding tert-OH is 1. The van der Waals surface area contributed by atoms with Gasteiger partial charge in [-0.2, -0.15) is 14.5 Å². The highest BCUT2D eigenvalue weighted by Crippen LogP contribution is 2.34. The van der Waals surface area contributed by atoms with Crippen molar-refractivity contribution in [3.8, 4) is 22.9 Å². The lowest BCUT2D eigenvalue weighted by atomic mass is 10.1. The molecule has 3 aromatic heterocycles. The Morgan fingerprint density at radius 2 is 2.00 bits per heavy atom. The Bertz CT molecular complexity index is 1720. The van der Waals surface area contributed by atoms with E-state index in [0.717, 1.165) is 39.0 Å². The van der Waals surface area contributed by atoms with Crippen molar-refractivity contribution >= 4 is 33.1 Å². The first-order valence-electron chi connectivity index (χ1n) is 13.5. The maximum atomic E-state index is 11.9. The summed E-state index contributed by atoms with van der Waals surface area (Å²) in [6, 6.07) is 6.08. The molecule has 0 spiro atoms. The zero-order valence-corrected chi connectivity index (χ0v) is 24.3. The number of benzene rings is 1. The minimum atomic E-state index is -3.28. The maximum Gasteiger partial charge on any atom is 0.240 e. The highest BCUT2D eigenvalue weighted by Gasteiger charge is 2.36. The molecule has 0 radical (unpaired) electrons. The van der Waals surface area contributed by atoms with Crippen molar-refractivity contribution in [2.24, 2.45) is 7.05 Å². The molecule has 4 aromatic rings. The number of H-pyrrole nitrogens is 1. The van der Waals surface area contributed by atoms with E-state index in [1.165, 1.54) is 10.6 Å². The van der Waals surface area contributed by atoms with Crippen LogP contribution in [-0.4, -0.2) is 104 Å². The Labute approximate surface area is 238 Å². The van der Waals surface area contributed by atoms with E-state index in [1.807, 2.05) is 51.5 Å². The quantitative estimate of drug-likeness (QED) is 0.358. The van der Waals surface area contributed by atoms with E-state index in [9.17, 15) is 13.5 Å². The average Bonchev–Trinajstić information content (AvgIpc) is 3.54. The van der Waals surface area contributed by atoms with Crippen LogP contribution in [0.3, 0.4) is 0 Å². The summed E-state index contributed by atoms with van der Waals surface area (Å²) in [7, 11) is 0.595. The van der Waals surface area contributed by atoms with Crippen LogP contribution in [0.25, 0.3) is 34.2 Å². The molecule has 0 saturated carbocycles. The number of nitrogens with zero attached hydrogens (tertiary/aromatic N) is 7. The second kappa shape index (κ2) is 10.6. The van der Waals surface area contributed by atoms with Crippen molar-refractivity contribution in [2.75, 3.05) is 39.5 Å². The lowest BCUT2D eigenvalue weighted by Gasteiger charge is -2.36. The molecule has 5 heterocycles. The van der Waals surface area contributed by atoms with Gasteiger partial charge in [-0.05, 0) is 43.8 Å². The molecule has 2 aliphatic rings. The molecule has 0 aliphatic carbocycles. The maximum absolute atomic E-state index is 11.9. The second-order valence-corrected chi connectivity index (χ2v) is 12.7. The Morgan fingerprint density at radius 3 is 2.76 bits per heavy atom. The van der Waals surface area contributed by atoms with Gasteiger partial charge in [-0.1, -0.05) is 6.07 Å². The number of likely N-dealkylation sites (N-methyl/N-ethyl adjacent to an activating group) is 1. The number of fused-ring (bicyclic) bond motifs is 4. The smallest absolute Gasteiger partial charge is 0.240 e. The van der Waals surface area contributed by atoms with Gasteiger partial charge in [0.25, 0.3) is 0 Å². The van der Waals surface area contributed by atoms with Crippen LogP contribution in [0.1, 0.15) is 23.9 Å². The summed E-state index contributed by atoms with van der Waals surface area (Å²) in [6.45, 7) is 3.86. The molecule has 1 fully saturated rings. The molecule has 2 aliphatic heterocycles. The van der Waals surface area contributed by atoms with Crippen LogP contribution >= 0.6 is 0 Å². The predicted octanol–water partition coefficient (Wildman–Crippen LogP) is 1.56. The van der Waals surface area contributed by atoms with E-state index in [2.05, 4.69) is 26.3 Å². The minimum absolute atomic E-state index is 0.0954. The summed E-state index contributed by atoms with van der Waals surface area (Å²) in [5.41, 5.74) is 5.11. The van der Waals surface area contributed by atoms with Crippen LogP contribution in [0.4, 0.5) is 0 Å². The van der Waals surface area contributed by atoms with Crippen molar-refractivity contribution in [1.29, 1.82) is 0 Å². The zero-order valence-electron chi connectivity index (χ0n) is 23.5. The zero-order chi connectivity index (χ0) is 28.9. The minimum Gasteiger partial charge on any atom is -0.473 e. The molecule has 6 rings (SSSR count). The Kier molecular flexibility index (Phi) is 7.09. The van der Waals surface area contributed by atoms with E-state index >= 15 is 0 Å². The van der Waals surface area contributed by atoms with Gasteiger partial charge in [0.15, 0.2) is 0 Å². The van der Waals surface area contributed by atoms with E-state index in [4.69, 9.17) is 14.6 Å². The van der Waals surface area contributed by atoms with Crippen LogP contribution < -0.4 is 9.47 Å². The standard InChI is InChI=1S/C27H34N8O5S/c1-17-13-32(2)16-25-20(26(31-35(25)9-10-36)40-19-14-34(15-19)41(4,37)38)6-8-24-21-11-18(5-7-23(21)29-30-24)22-12-28-33(3)27(22)39-17/h5-8,11-12,17,19,36H,9-10,13-16H2,1-4H3,(H,29,30)/b8-6+/t17-/m0/s1. The molecule has 218 valence electrons. The molecule has 41 heavy (non-hydrogen) atoms. The Hall–Kier alpha value is -3.72. The molecule has 2 bridgehead atoms. The van der Waals surface area contributed by atoms with Crippen LogP contribution in [-0.2, 0) is 30.2 Å². The third kappa shape index (κ3) is 5.35. The second-order valence-electron chi connectivity index (χ2n) is 10.7. The number of aryl methyl sites for hydroxylation is 1. The summed E-state index contributed by atoms with van der Waals surface area (Å²) in [5, 5.41) is 27.6. The van der Waals surface area contributed by atoms with Gasteiger partial charge in [0, 0.05) is 25.5 Å². The van der Waals surface area contributed by atoms with E-state index < -0.39 is 10.0 Å². The summed E-state index contributed by atoms with van der Waals surface area (Å²) < 4.78 is 41.3. The summed E-state index contributed by atoms with van der Waals surface area (Å²) >= 11 is 0. The van der Waals surface area contributed by atoms with Gasteiger partial charge in [0.05, 0.1) is 66.7 Å². The number of ether oxygens (including phenoxy) is 2. The van der Waals surface area contributed by atoms with Crippen LogP contribution in [0, 0.1) is 0 Å². The lowest BCUT2D eigenvalue weighted by molar-refractivity contribution is 0.0715. The molecule has 13 nitrogen and oxygen atoms in total. The molecule has 1 saturated heterocycles. The SMILES string of the molecule is C[C@H]1CN(C)Cc2c(c(OC3CN(S(C)(=O)=O)C3)nn2CCO)/C=C/c2n[nH]c3ccc(cc23)-c2cnn(C)c2O1. The number of sulfonamides is 1. The van der Waals surface area contributed by atoms with Crippen molar-refractivity contribution in [3.05, 3.63) is 41.3 Å². The lowest BCUT2D eigenvalue weighted by Crippen LogP contribution is -2.55. The topological polar surface area (TPSA) is 144 Å². The van der Waals surface area contributed by atoms with Gasteiger partial charge in [0.1, 0.15) is 12.2 Å². The highest BCUT2D eigenvalue weighted by molar-refractivity contribution is 7.88. The van der Waals surface area contributed by atoms with Crippen molar-refractivity contribution in [2.45, 2.75) is 32.2 Å². The number of aromatic amines is 1. The van der Waals surface area contributed by atoms with Gasteiger partial charge in [0.2, 0.25) is 21.8 Å². The van der Waals surface area contributed by atoms with Gasteiger partial charge in [-0.25, -0.2) is 13.1 Å². The van der Waals surface area contributed by atoms with Gasteiger partial charge >= 0.3 is 0 Å². The number of aliphatic hydroxyl groups is 1. The summed E-state index contributed by atoms with van der Waals surface area (Å²) in [5.74, 6) is 1.08. The number of hydrogen-bond donors (Lipinski definition) is 2. The van der Waals surface area contributed by atoms with Gasteiger partial charge < -0.3 is 14.6 Å². The van der Waals surface area contributed by atoms with Crippen molar-refractivity contribution < 1.29 is 23.0 Å². The molecule has 2 N–H and O–H groups in total. The van der Waals surface area contributed by atoms with Crippen LogP contribution in [0.2, 0.25) is 0 Å². The summed E-state index contributed by atoms with van der Waals surface area (Å²) in [6.07, 6.45) is 6.39. The normalized spacial score (nSPS) is 19.7. The summed E-state index contributed by atoms with van der Waals surface area (Å²) in [4.78, 5) is 2.13. The monoisotopic (exact) mass is 582 g/mol. The molecule has 1 aromatic carbocycles. The third-order valence-electron chi connectivity index (χ3n) is 7.43. The first kappa shape index (κ1) is 27.4. The van der Waals surface area contributed by atoms with E-state index in [1.54, 1.807) is 9.36 Å². The van der Waals surface area contributed by atoms with Crippen molar-refractivity contribution in [1.82, 2.24) is 39.0 Å². The molecular formula is C27H34N8O5S. The fourth-order valence-corrected chi connectivity index (χ4v) is 6.21. The van der Waals surface area contributed by atoms with E-state index in [0.29, 0.717) is 24.8 Å². The largest absolute Gasteiger partial charge is 0.473 e. The molecule has 0 amide bonds. The first-order valence-corrected chi connectivity index (χ1v) is 15.3. The molecular weight excluding hydrogens is 548 g/mol. The van der Waals surface area contributed by atoms with E-state index in [-0.39, 0.29) is 38.4 Å². The van der Waals surface area contributed by atoms with Gasteiger partial charge in [-0.15, -0.1) is 5.10 Å². The Morgan fingerprint density at radius 1 is 1.20 bits per heavy atom. The average molecular weight is 583 g/mol. The third-order valence-corrected chi connectivity index (χ3v) is 8.67. The molecule has 1 atom stereocenters. The first-order chi connectivity index (χ1) is 19.6. The highest BCUT2D eigenvalue weighted by atomic mass is 32.2. The Balaban J connectivity index is 1.44. The molecule has 14 heteroatoms. The number of rotatable bonds is 5. The van der Waals surface area contributed by atoms with Crippen LogP contribution in [0.5, 0.6) is 11.8 Å².